The molecule has 3 unspecified atom stereocenters. The maximum Gasteiger partial charge on any atom is 0.407 e. The lowest BCUT2D eigenvalue weighted by molar-refractivity contribution is -0.122. The lowest BCUT2D eigenvalue weighted by Crippen LogP contribution is -2.48. The molecule has 1 aliphatic rings. The molecule has 1 saturated heterocycles. The molecule has 13 heteroatoms. The number of urea groups is 1. The number of amides is 3. The number of ketones is 1. The summed E-state index contributed by atoms with van der Waals surface area (Å²) in [6.07, 6.45) is 6.54. The van der Waals surface area contributed by atoms with Crippen molar-refractivity contribution in [3.05, 3.63) is 104 Å². The quantitative estimate of drug-likeness (QED) is 0.0976. The maximum atomic E-state index is 14.3. The Hall–Kier alpha value is -4.17. The SMILES string of the molecule is CC(C)c1ncc(CN(C)C(=O)NC(CCN2CCOCC2)C(=O)CC(CCC(Cc2ccccc2)NC(=O)OCc2cncs2)Cc2ccccc2)s1. The van der Waals surface area contributed by atoms with Gasteiger partial charge in [-0.2, -0.15) is 0 Å². The van der Waals surface area contributed by atoms with Crippen molar-refractivity contribution in [2.24, 2.45) is 5.92 Å². The molecule has 290 valence electrons. The highest BCUT2D eigenvalue weighted by Gasteiger charge is 2.28. The summed E-state index contributed by atoms with van der Waals surface area (Å²) in [4.78, 5) is 55.3. The largest absolute Gasteiger partial charge is 0.444 e. The molecule has 3 amide bonds. The summed E-state index contributed by atoms with van der Waals surface area (Å²) >= 11 is 3.05. The molecular formula is C41H54N6O5S2. The average molecular weight is 775 g/mol. The minimum Gasteiger partial charge on any atom is -0.444 e. The van der Waals surface area contributed by atoms with E-state index in [4.69, 9.17) is 9.47 Å². The molecule has 0 spiro atoms. The fourth-order valence-corrected chi connectivity index (χ4v) is 8.03. The van der Waals surface area contributed by atoms with Crippen LogP contribution in [0.3, 0.4) is 0 Å². The van der Waals surface area contributed by atoms with E-state index in [1.165, 1.54) is 11.3 Å². The van der Waals surface area contributed by atoms with Crippen LogP contribution in [0.15, 0.2) is 78.6 Å². The Morgan fingerprint density at radius 1 is 0.907 bits per heavy atom. The summed E-state index contributed by atoms with van der Waals surface area (Å²) < 4.78 is 11.1. The summed E-state index contributed by atoms with van der Waals surface area (Å²) in [6, 6.07) is 19.1. The molecule has 1 aliphatic heterocycles. The van der Waals surface area contributed by atoms with Gasteiger partial charge in [-0.25, -0.2) is 14.6 Å². The topological polar surface area (TPSA) is 126 Å². The number of aromatic nitrogens is 2. The number of nitrogens with zero attached hydrogens (tertiary/aromatic N) is 4. The molecule has 4 aromatic rings. The molecule has 0 saturated carbocycles. The number of benzene rings is 2. The van der Waals surface area contributed by atoms with E-state index < -0.39 is 12.1 Å². The number of ether oxygens (including phenoxy) is 2. The van der Waals surface area contributed by atoms with Crippen molar-refractivity contribution in [3.63, 3.8) is 0 Å². The van der Waals surface area contributed by atoms with Gasteiger partial charge in [0.05, 0.1) is 41.2 Å². The van der Waals surface area contributed by atoms with Crippen LogP contribution in [0.4, 0.5) is 9.59 Å². The highest BCUT2D eigenvalue weighted by molar-refractivity contribution is 7.11. The number of thiazole rings is 2. The van der Waals surface area contributed by atoms with Crippen molar-refractivity contribution in [1.82, 2.24) is 30.4 Å². The van der Waals surface area contributed by atoms with Crippen molar-refractivity contribution in [2.75, 3.05) is 39.9 Å². The van der Waals surface area contributed by atoms with E-state index in [2.05, 4.69) is 63.6 Å². The van der Waals surface area contributed by atoms with Crippen LogP contribution in [0.5, 0.6) is 0 Å². The zero-order valence-corrected chi connectivity index (χ0v) is 33.3. The second kappa shape index (κ2) is 21.7. The van der Waals surface area contributed by atoms with Gasteiger partial charge in [-0.05, 0) is 49.1 Å². The highest BCUT2D eigenvalue weighted by atomic mass is 32.1. The smallest absolute Gasteiger partial charge is 0.407 e. The third kappa shape index (κ3) is 13.9. The lowest BCUT2D eigenvalue weighted by atomic mass is 9.86. The Morgan fingerprint density at radius 3 is 2.26 bits per heavy atom. The van der Waals surface area contributed by atoms with Crippen LogP contribution in [0.1, 0.15) is 71.3 Å². The number of carbonyl (C=O) groups excluding carboxylic acids is 3. The molecule has 5 rings (SSSR count). The van der Waals surface area contributed by atoms with Gasteiger partial charge in [-0.3, -0.25) is 14.7 Å². The Bertz CT molecular complexity index is 1700. The van der Waals surface area contributed by atoms with E-state index >= 15 is 0 Å². The predicted molar refractivity (Wildman–Crippen MR) is 214 cm³/mol. The third-order valence-corrected chi connectivity index (χ3v) is 11.6. The van der Waals surface area contributed by atoms with E-state index in [1.54, 1.807) is 35.0 Å². The number of hydrogen-bond donors (Lipinski definition) is 2. The van der Waals surface area contributed by atoms with Crippen molar-refractivity contribution in [1.29, 1.82) is 0 Å². The van der Waals surface area contributed by atoms with Gasteiger partial charge in [0, 0.05) is 62.3 Å². The number of nitrogens with one attached hydrogen (secondary N) is 2. The van der Waals surface area contributed by atoms with Gasteiger partial charge >= 0.3 is 12.1 Å². The predicted octanol–water partition coefficient (Wildman–Crippen LogP) is 7.09. The van der Waals surface area contributed by atoms with E-state index in [0.29, 0.717) is 70.7 Å². The molecule has 2 aromatic heterocycles. The fraction of sp³-hybridized carbons (Fsp3) is 0.488. The van der Waals surface area contributed by atoms with Crippen molar-refractivity contribution in [3.8, 4) is 0 Å². The summed E-state index contributed by atoms with van der Waals surface area (Å²) in [5, 5.41) is 7.25. The molecule has 11 nitrogen and oxygen atoms in total. The van der Waals surface area contributed by atoms with Gasteiger partial charge < -0.3 is 25.0 Å². The molecule has 54 heavy (non-hydrogen) atoms. The van der Waals surface area contributed by atoms with Crippen LogP contribution in [-0.4, -0.2) is 89.7 Å². The van der Waals surface area contributed by atoms with Crippen LogP contribution in [0, 0.1) is 5.92 Å². The van der Waals surface area contributed by atoms with E-state index in [1.807, 2.05) is 42.6 Å². The Morgan fingerprint density at radius 2 is 1.61 bits per heavy atom. The van der Waals surface area contributed by atoms with Crippen molar-refractivity contribution >= 4 is 40.6 Å². The van der Waals surface area contributed by atoms with Gasteiger partial charge in [0.1, 0.15) is 6.61 Å². The average Bonchev–Trinajstić information content (AvgIpc) is 3.89. The first-order valence-electron chi connectivity index (χ1n) is 18.9. The lowest BCUT2D eigenvalue weighted by Gasteiger charge is -2.29. The zero-order chi connectivity index (χ0) is 38.1. The molecule has 1 fully saturated rings. The van der Waals surface area contributed by atoms with Crippen LogP contribution >= 0.6 is 22.7 Å². The molecule has 3 heterocycles. The molecule has 0 aliphatic carbocycles. The van der Waals surface area contributed by atoms with Crippen LogP contribution in [0.25, 0.3) is 0 Å². The van der Waals surface area contributed by atoms with Crippen molar-refractivity contribution in [2.45, 2.75) is 83.5 Å². The van der Waals surface area contributed by atoms with Gasteiger partial charge in [-0.15, -0.1) is 22.7 Å². The second-order valence-electron chi connectivity index (χ2n) is 14.3. The molecule has 3 atom stereocenters. The van der Waals surface area contributed by atoms with Gasteiger partial charge in [0.25, 0.3) is 0 Å². The van der Waals surface area contributed by atoms with Crippen molar-refractivity contribution < 1.29 is 23.9 Å². The number of rotatable bonds is 20. The molecule has 0 bridgehead atoms. The second-order valence-corrected chi connectivity index (χ2v) is 16.4. The van der Waals surface area contributed by atoms with Gasteiger partial charge in [0.2, 0.25) is 0 Å². The number of carbonyl (C=O) groups is 3. The molecular weight excluding hydrogens is 721 g/mol. The van der Waals surface area contributed by atoms with Gasteiger partial charge in [-0.1, -0.05) is 74.5 Å². The first-order valence-corrected chi connectivity index (χ1v) is 20.6. The summed E-state index contributed by atoms with van der Waals surface area (Å²) in [6.45, 7) is 8.41. The number of Topliss-reactive ketones (excluding diaryl/α,β-unsaturated/α-hetero) is 1. The third-order valence-electron chi connectivity index (χ3n) is 9.59. The fourth-order valence-electron chi connectivity index (χ4n) is 6.55. The van der Waals surface area contributed by atoms with E-state index in [-0.39, 0.29) is 30.4 Å². The number of morpholine rings is 1. The summed E-state index contributed by atoms with van der Waals surface area (Å²) in [5.74, 6) is 0.323. The number of hydrogen-bond acceptors (Lipinski definition) is 10. The van der Waals surface area contributed by atoms with E-state index in [0.717, 1.165) is 39.0 Å². The van der Waals surface area contributed by atoms with Crippen LogP contribution < -0.4 is 10.6 Å². The number of alkyl carbamates (subject to hydrolysis) is 1. The summed E-state index contributed by atoms with van der Waals surface area (Å²) in [7, 11) is 1.76. The molecule has 0 radical (unpaired) electrons. The highest BCUT2D eigenvalue weighted by Crippen LogP contribution is 2.24. The van der Waals surface area contributed by atoms with Gasteiger partial charge in [0.15, 0.2) is 5.78 Å². The minimum atomic E-state index is -0.645. The normalized spacial score (nSPS) is 15.0. The first kappa shape index (κ1) is 41.0. The maximum absolute atomic E-state index is 14.3. The monoisotopic (exact) mass is 774 g/mol. The zero-order valence-electron chi connectivity index (χ0n) is 31.7. The Balaban J connectivity index is 1.28. The van der Waals surface area contributed by atoms with Crippen LogP contribution in [-0.2, 0) is 40.3 Å². The molecule has 2 N–H and O–H groups in total. The minimum absolute atomic E-state index is 0.0136. The Labute approximate surface area is 327 Å². The first-order chi connectivity index (χ1) is 26.2. The van der Waals surface area contributed by atoms with E-state index in [9.17, 15) is 14.4 Å². The van der Waals surface area contributed by atoms with Crippen LogP contribution in [0.2, 0.25) is 0 Å². The molecule has 2 aromatic carbocycles. The Kier molecular flexibility index (Phi) is 16.4. The standard InChI is InChI=1S/C41H54N6O5S2/c1-30(2)39-43-26-35(54-39)27-46(3)40(49)45-37(16-17-47-18-20-51-21-19-47)38(48)24-33(22-31-10-6-4-7-11-31)14-15-34(23-32-12-8-5-9-13-32)44-41(50)52-28-36-25-42-29-53-36/h4-13,25-26,29-30,33-34,37H,14-24,27-28H2,1-3H3,(H,44,50)(H,45,49). The summed E-state index contributed by atoms with van der Waals surface area (Å²) in [5.41, 5.74) is 3.96.